The molecule has 1 aliphatic heterocycles. The van der Waals surface area contributed by atoms with Crippen molar-refractivity contribution in [3.63, 3.8) is 0 Å². The summed E-state index contributed by atoms with van der Waals surface area (Å²) in [7, 11) is 0. The number of piperidine rings is 1. The van der Waals surface area contributed by atoms with E-state index in [1.54, 1.807) is 0 Å². The van der Waals surface area contributed by atoms with Gasteiger partial charge in [-0.25, -0.2) is 0 Å². The van der Waals surface area contributed by atoms with Crippen LogP contribution in [0.1, 0.15) is 46.5 Å². The zero-order chi connectivity index (χ0) is 10.4. The Kier molecular flexibility index (Phi) is 4.90. The van der Waals surface area contributed by atoms with Crippen LogP contribution in [-0.4, -0.2) is 36.7 Å². The van der Waals surface area contributed by atoms with Crippen molar-refractivity contribution in [3.8, 4) is 0 Å². The van der Waals surface area contributed by atoms with Crippen molar-refractivity contribution >= 4 is 0 Å². The fourth-order valence-corrected chi connectivity index (χ4v) is 2.24. The van der Waals surface area contributed by atoms with Gasteiger partial charge in [0, 0.05) is 25.3 Å². The Bertz CT molecular complexity index is 156. The van der Waals surface area contributed by atoms with Gasteiger partial charge < -0.3 is 4.74 Å². The number of hydrogen-bond acceptors (Lipinski definition) is 2. The summed E-state index contributed by atoms with van der Waals surface area (Å²) in [6, 6.07) is 0. The summed E-state index contributed by atoms with van der Waals surface area (Å²) in [6.45, 7) is 11.0. The van der Waals surface area contributed by atoms with Crippen LogP contribution in [0, 0.1) is 0 Å². The molecule has 2 nitrogen and oxygen atoms in total. The van der Waals surface area contributed by atoms with E-state index in [1.807, 2.05) is 0 Å². The van der Waals surface area contributed by atoms with E-state index in [0.29, 0.717) is 5.54 Å². The van der Waals surface area contributed by atoms with E-state index in [4.69, 9.17) is 4.74 Å². The highest BCUT2D eigenvalue weighted by Crippen LogP contribution is 2.26. The van der Waals surface area contributed by atoms with E-state index < -0.39 is 0 Å². The van der Waals surface area contributed by atoms with E-state index in [9.17, 15) is 0 Å². The second kappa shape index (κ2) is 5.72. The summed E-state index contributed by atoms with van der Waals surface area (Å²) in [5, 5.41) is 0. The average molecular weight is 199 g/mol. The van der Waals surface area contributed by atoms with Gasteiger partial charge >= 0.3 is 0 Å². The molecule has 14 heavy (non-hydrogen) atoms. The maximum atomic E-state index is 5.37. The summed E-state index contributed by atoms with van der Waals surface area (Å²) in [5.41, 5.74) is 0.421. The van der Waals surface area contributed by atoms with Crippen molar-refractivity contribution < 1.29 is 4.74 Å². The third-order valence-electron chi connectivity index (χ3n) is 3.24. The minimum atomic E-state index is 0.421. The maximum absolute atomic E-state index is 5.37. The Morgan fingerprint density at radius 3 is 2.71 bits per heavy atom. The molecule has 0 unspecified atom stereocenters. The SMILES string of the molecule is CCOCCCN1CCCCC1(C)C. The fourth-order valence-electron chi connectivity index (χ4n) is 2.24. The molecule has 1 fully saturated rings. The smallest absolute Gasteiger partial charge is 0.0478 e. The second-order valence-electron chi connectivity index (χ2n) is 4.81. The van der Waals surface area contributed by atoms with Crippen LogP contribution in [0.3, 0.4) is 0 Å². The molecular weight excluding hydrogens is 174 g/mol. The summed E-state index contributed by atoms with van der Waals surface area (Å²) in [6.07, 6.45) is 5.30. The molecule has 1 heterocycles. The van der Waals surface area contributed by atoms with Crippen molar-refractivity contribution in [1.82, 2.24) is 4.90 Å². The van der Waals surface area contributed by atoms with Crippen LogP contribution in [0.25, 0.3) is 0 Å². The van der Waals surface area contributed by atoms with Crippen LogP contribution < -0.4 is 0 Å². The van der Waals surface area contributed by atoms with Crippen LogP contribution in [0.2, 0.25) is 0 Å². The monoisotopic (exact) mass is 199 g/mol. The van der Waals surface area contributed by atoms with Gasteiger partial charge in [-0.3, -0.25) is 4.90 Å². The number of ether oxygens (including phenoxy) is 1. The van der Waals surface area contributed by atoms with Crippen molar-refractivity contribution in [3.05, 3.63) is 0 Å². The van der Waals surface area contributed by atoms with Crippen LogP contribution in [-0.2, 0) is 4.74 Å². The largest absolute Gasteiger partial charge is 0.382 e. The molecule has 2 heteroatoms. The Hall–Kier alpha value is -0.0800. The number of nitrogens with zero attached hydrogens (tertiary/aromatic N) is 1. The standard InChI is InChI=1S/C12H25NO/c1-4-14-11-7-10-13-9-6-5-8-12(13,2)3/h4-11H2,1-3H3. The number of rotatable bonds is 5. The first-order valence-electron chi connectivity index (χ1n) is 5.99. The van der Waals surface area contributed by atoms with E-state index in [0.717, 1.165) is 13.2 Å². The quantitative estimate of drug-likeness (QED) is 0.631. The van der Waals surface area contributed by atoms with Gasteiger partial charge in [-0.15, -0.1) is 0 Å². The first-order chi connectivity index (χ1) is 6.67. The summed E-state index contributed by atoms with van der Waals surface area (Å²) in [4.78, 5) is 2.62. The van der Waals surface area contributed by atoms with Crippen LogP contribution in [0.4, 0.5) is 0 Å². The summed E-state index contributed by atoms with van der Waals surface area (Å²) < 4.78 is 5.37. The fraction of sp³-hybridized carbons (Fsp3) is 1.00. The highest BCUT2D eigenvalue weighted by molar-refractivity contribution is 4.85. The third-order valence-corrected chi connectivity index (χ3v) is 3.24. The maximum Gasteiger partial charge on any atom is 0.0478 e. The molecule has 0 spiro atoms. The number of hydrogen-bond donors (Lipinski definition) is 0. The molecule has 0 aliphatic carbocycles. The molecule has 84 valence electrons. The molecule has 0 aromatic rings. The minimum Gasteiger partial charge on any atom is -0.382 e. The Morgan fingerprint density at radius 1 is 1.29 bits per heavy atom. The lowest BCUT2D eigenvalue weighted by Crippen LogP contribution is -2.47. The van der Waals surface area contributed by atoms with Gasteiger partial charge in [-0.05, 0) is 46.6 Å². The third kappa shape index (κ3) is 3.58. The lowest BCUT2D eigenvalue weighted by atomic mass is 9.90. The van der Waals surface area contributed by atoms with Crippen LogP contribution in [0.5, 0.6) is 0 Å². The van der Waals surface area contributed by atoms with E-state index in [-0.39, 0.29) is 0 Å². The highest BCUT2D eigenvalue weighted by Gasteiger charge is 2.28. The molecule has 0 aromatic heterocycles. The van der Waals surface area contributed by atoms with E-state index >= 15 is 0 Å². The van der Waals surface area contributed by atoms with Gasteiger partial charge in [0.2, 0.25) is 0 Å². The molecule has 0 N–H and O–H groups in total. The predicted octanol–water partition coefficient (Wildman–Crippen LogP) is 2.68. The van der Waals surface area contributed by atoms with Crippen molar-refractivity contribution in [2.75, 3.05) is 26.3 Å². The second-order valence-corrected chi connectivity index (χ2v) is 4.81. The molecular formula is C12H25NO. The molecule has 1 saturated heterocycles. The summed E-state index contributed by atoms with van der Waals surface area (Å²) in [5.74, 6) is 0. The van der Waals surface area contributed by atoms with Gasteiger partial charge in [-0.2, -0.15) is 0 Å². The highest BCUT2D eigenvalue weighted by atomic mass is 16.5. The van der Waals surface area contributed by atoms with Gasteiger partial charge in [0.25, 0.3) is 0 Å². The zero-order valence-corrected chi connectivity index (χ0v) is 10.0. The number of likely N-dealkylation sites (tertiary alicyclic amines) is 1. The van der Waals surface area contributed by atoms with Gasteiger partial charge in [-0.1, -0.05) is 6.42 Å². The molecule has 1 aliphatic rings. The Balaban J connectivity index is 2.20. The van der Waals surface area contributed by atoms with Crippen molar-refractivity contribution in [2.45, 2.75) is 52.0 Å². The molecule has 0 radical (unpaired) electrons. The Morgan fingerprint density at radius 2 is 2.07 bits per heavy atom. The lowest BCUT2D eigenvalue weighted by Gasteiger charge is -2.42. The van der Waals surface area contributed by atoms with Crippen LogP contribution in [0.15, 0.2) is 0 Å². The Labute approximate surface area is 88.6 Å². The van der Waals surface area contributed by atoms with Crippen LogP contribution >= 0.6 is 0 Å². The van der Waals surface area contributed by atoms with E-state index in [2.05, 4.69) is 25.7 Å². The molecule has 0 bridgehead atoms. The van der Waals surface area contributed by atoms with Gasteiger partial charge in [0.15, 0.2) is 0 Å². The molecule has 0 aromatic carbocycles. The zero-order valence-electron chi connectivity index (χ0n) is 10.0. The van der Waals surface area contributed by atoms with Crippen molar-refractivity contribution in [2.24, 2.45) is 0 Å². The normalized spacial score (nSPS) is 22.5. The van der Waals surface area contributed by atoms with Gasteiger partial charge in [0.1, 0.15) is 0 Å². The first-order valence-corrected chi connectivity index (χ1v) is 5.99. The molecule has 0 saturated carbocycles. The summed E-state index contributed by atoms with van der Waals surface area (Å²) >= 11 is 0. The topological polar surface area (TPSA) is 12.5 Å². The molecule has 1 rings (SSSR count). The predicted molar refractivity (Wildman–Crippen MR) is 60.6 cm³/mol. The lowest BCUT2D eigenvalue weighted by molar-refractivity contribution is 0.0606. The minimum absolute atomic E-state index is 0.421. The van der Waals surface area contributed by atoms with Gasteiger partial charge in [0.05, 0.1) is 0 Å². The van der Waals surface area contributed by atoms with E-state index in [1.165, 1.54) is 38.8 Å². The average Bonchev–Trinajstić information content (AvgIpc) is 2.14. The molecule has 0 amide bonds. The van der Waals surface area contributed by atoms with Crippen molar-refractivity contribution in [1.29, 1.82) is 0 Å². The first kappa shape index (κ1) is 12.0. The molecule has 0 atom stereocenters.